The minimum Gasteiger partial charge on any atom is -0.427 e. The Hall–Kier alpha value is -3.92. The van der Waals surface area contributed by atoms with Gasteiger partial charge in [0, 0.05) is 31.7 Å². The van der Waals surface area contributed by atoms with E-state index >= 15 is 0 Å². The number of carbonyl (C=O) groups is 4. The summed E-state index contributed by atoms with van der Waals surface area (Å²) in [5, 5.41) is 2.55. The van der Waals surface area contributed by atoms with Crippen molar-refractivity contribution >= 4 is 24.0 Å². The first-order valence-corrected chi connectivity index (χ1v) is 14.5. The van der Waals surface area contributed by atoms with Gasteiger partial charge in [0.2, 0.25) is 12.7 Å². The fraction of sp³-hybridized carbons (Fsp3) is 0.500. The smallest absolute Gasteiger partial charge is 0.427 e. The van der Waals surface area contributed by atoms with Crippen LogP contribution in [0.25, 0.3) is 0 Å². The minimum absolute atomic E-state index is 0.123. The van der Waals surface area contributed by atoms with Crippen molar-refractivity contribution in [2.75, 3.05) is 20.4 Å². The molecule has 10 nitrogen and oxygen atoms in total. The number of fused-ring (bicyclic) bond motifs is 1. The Bertz CT molecular complexity index is 1340. The summed E-state index contributed by atoms with van der Waals surface area (Å²) in [4.78, 5) is 50.5. The number of esters is 2. The molecule has 0 aromatic heterocycles. The third-order valence-electron chi connectivity index (χ3n) is 8.95. The Labute approximate surface area is 245 Å². The molecule has 1 saturated carbocycles. The highest BCUT2D eigenvalue weighted by molar-refractivity contribution is 5.83. The van der Waals surface area contributed by atoms with Crippen molar-refractivity contribution in [3.63, 3.8) is 0 Å². The maximum Gasteiger partial charge on any atom is 0.516 e. The van der Waals surface area contributed by atoms with Gasteiger partial charge in [0.25, 0.3) is 0 Å². The Kier molecular flexibility index (Phi) is 8.82. The lowest BCUT2D eigenvalue weighted by atomic mass is 9.52. The van der Waals surface area contributed by atoms with E-state index in [0.717, 1.165) is 25.8 Å². The summed E-state index contributed by atoms with van der Waals surface area (Å²) in [6.45, 7) is 3.00. The van der Waals surface area contributed by atoms with Crippen LogP contribution in [0.1, 0.15) is 62.6 Å². The molecule has 2 bridgehead atoms. The number of rotatable bonds is 8. The van der Waals surface area contributed by atoms with Crippen LogP contribution in [0.5, 0.6) is 11.5 Å². The molecule has 42 heavy (non-hydrogen) atoms. The van der Waals surface area contributed by atoms with Crippen molar-refractivity contribution in [1.29, 1.82) is 0 Å². The molecule has 1 amide bonds. The molecule has 5 rings (SSSR count). The van der Waals surface area contributed by atoms with Crippen LogP contribution in [-0.4, -0.2) is 61.4 Å². The van der Waals surface area contributed by atoms with E-state index in [0.29, 0.717) is 29.0 Å². The zero-order valence-electron chi connectivity index (χ0n) is 24.4. The number of hydrogen-bond acceptors (Lipinski definition) is 9. The van der Waals surface area contributed by atoms with Crippen LogP contribution < -0.4 is 14.8 Å². The van der Waals surface area contributed by atoms with E-state index < -0.39 is 36.8 Å². The molecule has 1 saturated heterocycles. The zero-order chi connectivity index (χ0) is 29.9. The predicted octanol–water partition coefficient (Wildman–Crippen LogP) is 4.06. The van der Waals surface area contributed by atoms with Gasteiger partial charge in [-0.05, 0) is 86.1 Å². The SMILES string of the molecule is CC(=O)NC(Cc1ccc(OC(C)=O)cc1)C(=O)OCOC(=O)Oc1ccc2c(c1)[C@@]13CCCC[C@H]1[C@@H](C2)N(C)CC3. The summed E-state index contributed by atoms with van der Waals surface area (Å²) >= 11 is 0. The molecule has 0 radical (unpaired) electrons. The van der Waals surface area contributed by atoms with Crippen LogP contribution in [0.15, 0.2) is 42.5 Å². The van der Waals surface area contributed by atoms with Gasteiger partial charge in [-0.3, -0.25) is 9.59 Å². The van der Waals surface area contributed by atoms with E-state index in [1.165, 1.54) is 44.2 Å². The van der Waals surface area contributed by atoms with E-state index in [-0.39, 0.29) is 11.8 Å². The molecule has 1 N–H and O–H groups in total. The molecule has 2 fully saturated rings. The molecule has 0 spiro atoms. The van der Waals surface area contributed by atoms with Crippen LogP contribution in [0.4, 0.5) is 4.79 Å². The first-order chi connectivity index (χ1) is 20.1. The highest BCUT2D eigenvalue weighted by Crippen LogP contribution is 2.55. The Morgan fingerprint density at radius 1 is 0.976 bits per heavy atom. The van der Waals surface area contributed by atoms with Gasteiger partial charge in [0.05, 0.1) is 0 Å². The number of nitrogens with one attached hydrogen (secondary N) is 1. The van der Waals surface area contributed by atoms with E-state index in [4.69, 9.17) is 18.9 Å². The normalized spacial score (nSPS) is 23.4. The van der Waals surface area contributed by atoms with E-state index in [9.17, 15) is 19.2 Å². The lowest BCUT2D eigenvalue weighted by Crippen LogP contribution is -2.59. The van der Waals surface area contributed by atoms with Crippen LogP contribution in [0.3, 0.4) is 0 Å². The monoisotopic (exact) mass is 578 g/mol. The van der Waals surface area contributed by atoms with Crippen molar-refractivity contribution in [2.45, 2.75) is 76.3 Å². The van der Waals surface area contributed by atoms with Gasteiger partial charge in [-0.15, -0.1) is 0 Å². The average Bonchev–Trinajstić information content (AvgIpc) is 2.95. The van der Waals surface area contributed by atoms with Crippen LogP contribution in [0.2, 0.25) is 0 Å². The van der Waals surface area contributed by atoms with Crippen molar-refractivity contribution in [1.82, 2.24) is 10.2 Å². The number of piperidine rings is 1. The van der Waals surface area contributed by atoms with Gasteiger partial charge in [-0.25, -0.2) is 9.59 Å². The fourth-order valence-electron chi connectivity index (χ4n) is 7.14. The number of likely N-dealkylation sites (N-methyl/N-ethyl adjacent to an activating group) is 1. The topological polar surface area (TPSA) is 120 Å². The second kappa shape index (κ2) is 12.5. The molecule has 4 atom stereocenters. The third kappa shape index (κ3) is 6.43. The summed E-state index contributed by atoms with van der Waals surface area (Å²) in [7, 11) is 2.23. The summed E-state index contributed by atoms with van der Waals surface area (Å²) in [6, 6.07) is 11.9. The Morgan fingerprint density at radius 3 is 2.48 bits per heavy atom. The second-order valence-corrected chi connectivity index (χ2v) is 11.6. The van der Waals surface area contributed by atoms with Crippen molar-refractivity contribution in [2.24, 2.45) is 5.92 Å². The molecular weight excluding hydrogens is 540 g/mol. The standard InChI is InChI=1S/C32H38N2O8/c1-20(35)33-28(16-22-7-10-24(11-8-22)41-21(2)36)30(37)39-19-40-31(38)42-25-12-9-23-17-29-26-6-4-5-13-32(26,27(23)18-25)14-15-34(29)3/h7-12,18,26,28-29H,4-6,13-17,19H2,1-3H3,(H,33,35)/t26-,28?,29+,32+/m0/s1. The van der Waals surface area contributed by atoms with E-state index in [1.807, 2.05) is 6.07 Å². The lowest BCUT2D eigenvalue weighted by molar-refractivity contribution is -0.156. The maximum absolute atomic E-state index is 12.7. The molecule has 1 unspecified atom stereocenters. The summed E-state index contributed by atoms with van der Waals surface area (Å²) in [5.74, 6) is -0.242. The molecule has 1 heterocycles. The highest BCUT2D eigenvalue weighted by Gasteiger charge is 2.53. The van der Waals surface area contributed by atoms with E-state index in [2.05, 4.69) is 23.3 Å². The number of likely N-dealkylation sites (tertiary alicyclic amines) is 1. The van der Waals surface area contributed by atoms with Crippen LogP contribution >= 0.6 is 0 Å². The van der Waals surface area contributed by atoms with Gasteiger partial charge < -0.3 is 29.2 Å². The molecule has 224 valence electrons. The number of nitrogens with zero attached hydrogens (tertiary/aromatic N) is 1. The Morgan fingerprint density at radius 2 is 1.74 bits per heavy atom. The summed E-state index contributed by atoms with van der Waals surface area (Å²) in [6.07, 6.45) is 6.11. The van der Waals surface area contributed by atoms with Crippen molar-refractivity contribution < 1.29 is 38.1 Å². The quantitative estimate of drug-likeness (QED) is 0.214. The number of carbonyl (C=O) groups excluding carboxylic acids is 4. The molecule has 2 aromatic carbocycles. The number of ether oxygens (including phenoxy) is 4. The lowest BCUT2D eigenvalue weighted by Gasteiger charge is -2.58. The highest BCUT2D eigenvalue weighted by atomic mass is 16.8. The van der Waals surface area contributed by atoms with Gasteiger partial charge in [0.1, 0.15) is 17.5 Å². The van der Waals surface area contributed by atoms with Gasteiger partial charge in [-0.2, -0.15) is 0 Å². The first-order valence-electron chi connectivity index (χ1n) is 14.5. The van der Waals surface area contributed by atoms with Crippen LogP contribution in [0, 0.1) is 5.92 Å². The largest absolute Gasteiger partial charge is 0.516 e. The third-order valence-corrected chi connectivity index (χ3v) is 8.95. The Balaban J connectivity index is 1.17. The number of hydrogen-bond donors (Lipinski definition) is 1. The van der Waals surface area contributed by atoms with Gasteiger partial charge in [-0.1, -0.05) is 31.0 Å². The molecule has 2 aromatic rings. The van der Waals surface area contributed by atoms with Gasteiger partial charge >= 0.3 is 18.1 Å². The molecule has 1 aliphatic heterocycles. The molecule has 3 aliphatic rings. The van der Waals surface area contributed by atoms with Crippen LogP contribution in [-0.2, 0) is 42.1 Å². The number of amides is 1. The van der Waals surface area contributed by atoms with E-state index in [1.54, 1.807) is 30.3 Å². The number of benzene rings is 2. The van der Waals surface area contributed by atoms with Crippen molar-refractivity contribution in [3.8, 4) is 11.5 Å². The summed E-state index contributed by atoms with van der Waals surface area (Å²) < 4.78 is 20.7. The summed E-state index contributed by atoms with van der Waals surface area (Å²) in [5.41, 5.74) is 3.45. The average molecular weight is 579 g/mol. The molecular formula is C32H38N2O8. The molecule has 2 aliphatic carbocycles. The predicted molar refractivity (Wildman–Crippen MR) is 152 cm³/mol. The second-order valence-electron chi connectivity index (χ2n) is 11.6. The van der Waals surface area contributed by atoms with Crippen molar-refractivity contribution in [3.05, 3.63) is 59.2 Å². The maximum atomic E-state index is 12.7. The van der Waals surface area contributed by atoms with Gasteiger partial charge in [0.15, 0.2) is 0 Å². The zero-order valence-corrected chi connectivity index (χ0v) is 24.4. The minimum atomic E-state index is -1.01. The fourth-order valence-corrected chi connectivity index (χ4v) is 7.14. The first kappa shape index (κ1) is 29.6. The molecule has 10 heteroatoms.